The van der Waals surface area contributed by atoms with Crippen LogP contribution < -0.4 is 20.7 Å². The van der Waals surface area contributed by atoms with Gasteiger partial charge in [-0.2, -0.15) is 0 Å². The predicted octanol–water partition coefficient (Wildman–Crippen LogP) is 5.05. The van der Waals surface area contributed by atoms with Gasteiger partial charge >= 0.3 is 0 Å². The average Bonchev–Trinajstić information content (AvgIpc) is 2.83. The van der Waals surface area contributed by atoms with Crippen molar-refractivity contribution in [1.29, 1.82) is 0 Å². The van der Waals surface area contributed by atoms with E-state index in [1.165, 1.54) is 0 Å². The summed E-state index contributed by atoms with van der Waals surface area (Å²) in [5, 5.41) is 9.86. The van der Waals surface area contributed by atoms with E-state index in [2.05, 4.69) is 16.0 Å². The fourth-order valence-electron chi connectivity index (χ4n) is 3.44. The van der Waals surface area contributed by atoms with Gasteiger partial charge in [-0.1, -0.05) is 47.0 Å². The molecule has 0 aliphatic carbocycles. The maximum absolute atomic E-state index is 13.1. The Balaban J connectivity index is 1.63. The molecule has 0 spiro atoms. The first-order chi connectivity index (χ1) is 16.4. The van der Waals surface area contributed by atoms with Crippen molar-refractivity contribution >= 4 is 40.7 Å². The van der Waals surface area contributed by atoms with Gasteiger partial charge in [0.05, 0.1) is 13.0 Å². The fraction of sp³-hybridized carbons (Fsp3) is 0.231. The zero-order valence-corrected chi connectivity index (χ0v) is 20.5. The monoisotopic (exact) mass is 499 g/mol. The summed E-state index contributed by atoms with van der Waals surface area (Å²) in [6.07, 6.45) is 0. The van der Waals surface area contributed by atoms with Gasteiger partial charge in [0.25, 0.3) is 5.91 Å². The van der Waals surface area contributed by atoms with Crippen LogP contribution in [0.3, 0.4) is 0 Å². The van der Waals surface area contributed by atoms with Crippen LogP contribution in [0.25, 0.3) is 0 Å². The predicted molar refractivity (Wildman–Crippen MR) is 137 cm³/mol. The van der Waals surface area contributed by atoms with Crippen LogP contribution in [0.5, 0.6) is 5.75 Å². The average molecular weight is 500 g/mol. The van der Waals surface area contributed by atoms with E-state index in [0.29, 0.717) is 34.3 Å². The lowest BCUT2D eigenvalue weighted by atomic mass is 9.97. The number of hydrogen-bond acceptors (Lipinski definition) is 4. The van der Waals surface area contributed by atoms with E-state index in [1.807, 2.05) is 43.3 Å². The molecule has 0 bridgehead atoms. The first-order valence-electron chi connectivity index (χ1n) is 10.8. The van der Waals surface area contributed by atoms with Crippen molar-refractivity contribution in [1.82, 2.24) is 10.6 Å². The third-order valence-electron chi connectivity index (χ3n) is 5.24. The number of halogens is 2. The number of aryl methyl sites for hydroxylation is 1. The number of benzene rings is 3. The van der Waals surface area contributed by atoms with Crippen molar-refractivity contribution in [2.45, 2.75) is 12.8 Å². The van der Waals surface area contributed by atoms with Gasteiger partial charge < -0.3 is 20.7 Å². The zero-order valence-electron chi connectivity index (χ0n) is 19.0. The maximum atomic E-state index is 13.1. The molecule has 0 aliphatic heterocycles. The second kappa shape index (κ2) is 12.3. The molecule has 34 heavy (non-hydrogen) atoms. The number of methoxy groups -OCH3 is 1. The first kappa shape index (κ1) is 25.4. The summed E-state index contributed by atoms with van der Waals surface area (Å²) in [7, 11) is 1.62. The van der Waals surface area contributed by atoms with Crippen LogP contribution in [-0.2, 0) is 4.79 Å². The van der Waals surface area contributed by atoms with E-state index in [0.717, 1.165) is 17.0 Å². The number of ether oxygens (including phenoxy) is 1. The maximum Gasteiger partial charge on any atom is 0.251 e. The standard InChI is InChI=1S/C26H27Cl2N3O3/c1-17-4-3-5-18(14-17)25(32)31-16-23(22-11-6-19(27)15-24(22)28)26(33)30-13-12-29-20-7-9-21(34-2)10-8-20/h3-11,14-15,23,29H,12-13,16H2,1-2H3,(H,30,33)(H,31,32). The highest BCUT2D eigenvalue weighted by molar-refractivity contribution is 6.35. The molecule has 3 aromatic carbocycles. The summed E-state index contributed by atoms with van der Waals surface area (Å²) < 4.78 is 5.15. The Labute approximate surface area is 209 Å². The highest BCUT2D eigenvalue weighted by atomic mass is 35.5. The van der Waals surface area contributed by atoms with E-state index in [1.54, 1.807) is 37.4 Å². The second-order valence-corrected chi connectivity index (χ2v) is 8.59. The molecule has 0 saturated carbocycles. The number of hydrogen-bond donors (Lipinski definition) is 3. The van der Waals surface area contributed by atoms with E-state index in [4.69, 9.17) is 27.9 Å². The van der Waals surface area contributed by atoms with E-state index < -0.39 is 5.92 Å². The van der Waals surface area contributed by atoms with Crippen molar-refractivity contribution in [2.24, 2.45) is 0 Å². The summed E-state index contributed by atoms with van der Waals surface area (Å²) in [4.78, 5) is 25.7. The Morgan fingerprint density at radius 1 is 0.941 bits per heavy atom. The van der Waals surface area contributed by atoms with E-state index in [-0.39, 0.29) is 18.4 Å². The lowest BCUT2D eigenvalue weighted by Crippen LogP contribution is -2.39. The molecule has 0 aromatic heterocycles. The molecular formula is C26H27Cl2N3O3. The zero-order chi connectivity index (χ0) is 24.5. The van der Waals surface area contributed by atoms with Gasteiger partial charge in [0.15, 0.2) is 0 Å². The van der Waals surface area contributed by atoms with Crippen molar-refractivity contribution in [2.75, 3.05) is 32.1 Å². The molecule has 0 fully saturated rings. The second-order valence-electron chi connectivity index (χ2n) is 7.74. The smallest absolute Gasteiger partial charge is 0.251 e. The molecule has 0 saturated heterocycles. The minimum atomic E-state index is -0.681. The molecule has 3 rings (SSSR count). The molecule has 178 valence electrons. The molecule has 1 atom stereocenters. The molecule has 0 radical (unpaired) electrons. The van der Waals surface area contributed by atoms with Gasteiger partial charge in [0, 0.05) is 40.9 Å². The van der Waals surface area contributed by atoms with E-state index >= 15 is 0 Å². The van der Waals surface area contributed by atoms with Crippen molar-refractivity contribution in [3.8, 4) is 5.75 Å². The van der Waals surface area contributed by atoms with Gasteiger partial charge in [-0.05, 0) is 61.0 Å². The fourth-order valence-corrected chi connectivity index (χ4v) is 3.98. The highest BCUT2D eigenvalue weighted by Gasteiger charge is 2.24. The molecule has 0 aliphatic rings. The number of carbonyl (C=O) groups excluding carboxylic acids is 2. The highest BCUT2D eigenvalue weighted by Crippen LogP contribution is 2.28. The molecule has 3 aromatic rings. The number of nitrogens with one attached hydrogen (secondary N) is 3. The van der Waals surface area contributed by atoms with Gasteiger partial charge in [0.2, 0.25) is 5.91 Å². The van der Waals surface area contributed by atoms with Crippen LogP contribution >= 0.6 is 23.2 Å². The Kier molecular flexibility index (Phi) is 9.19. The summed E-state index contributed by atoms with van der Waals surface area (Å²) in [5.41, 5.74) is 3.02. The Morgan fingerprint density at radius 2 is 1.71 bits per heavy atom. The van der Waals surface area contributed by atoms with Crippen LogP contribution in [0.1, 0.15) is 27.4 Å². The van der Waals surface area contributed by atoms with Crippen LogP contribution in [0, 0.1) is 6.92 Å². The molecule has 0 heterocycles. The minimum absolute atomic E-state index is 0.0892. The minimum Gasteiger partial charge on any atom is -0.497 e. The van der Waals surface area contributed by atoms with Crippen molar-refractivity contribution in [3.63, 3.8) is 0 Å². The van der Waals surface area contributed by atoms with Crippen molar-refractivity contribution in [3.05, 3.63) is 93.5 Å². The lowest BCUT2D eigenvalue weighted by molar-refractivity contribution is -0.122. The first-order valence-corrected chi connectivity index (χ1v) is 11.6. The topological polar surface area (TPSA) is 79.5 Å². The molecule has 3 N–H and O–H groups in total. The Hall–Kier alpha value is -3.22. The Morgan fingerprint density at radius 3 is 2.38 bits per heavy atom. The molecule has 6 nitrogen and oxygen atoms in total. The third-order valence-corrected chi connectivity index (χ3v) is 5.81. The summed E-state index contributed by atoms with van der Waals surface area (Å²) in [5.74, 6) is -0.410. The number of carbonyl (C=O) groups is 2. The normalized spacial score (nSPS) is 11.4. The van der Waals surface area contributed by atoms with Crippen LogP contribution in [0.4, 0.5) is 5.69 Å². The van der Waals surface area contributed by atoms with Gasteiger partial charge in [0.1, 0.15) is 5.75 Å². The van der Waals surface area contributed by atoms with Crippen LogP contribution in [0.2, 0.25) is 10.0 Å². The number of rotatable bonds is 10. The lowest BCUT2D eigenvalue weighted by Gasteiger charge is -2.20. The van der Waals surface area contributed by atoms with E-state index in [9.17, 15) is 9.59 Å². The van der Waals surface area contributed by atoms with Crippen LogP contribution in [0.15, 0.2) is 66.7 Å². The number of anilines is 1. The molecule has 1 unspecified atom stereocenters. The molecule has 8 heteroatoms. The summed E-state index contributed by atoms with van der Waals surface area (Å²) in [6.45, 7) is 2.92. The Bertz CT molecular complexity index is 1140. The third kappa shape index (κ3) is 7.14. The van der Waals surface area contributed by atoms with Crippen molar-refractivity contribution < 1.29 is 14.3 Å². The number of amides is 2. The van der Waals surface area contributed by atoms with Crippen LogP contribution in [-0.4, -0.2) is 38.6 Å². The van der Waals surface area contributed by atoms with Gasteiger partial charge in [-0.15, -0.1) is 0 Å². The quantitative estimate of drug-likeness (QED) is 0.341. The van der Waals surface area contributed by atoms with Gasteiger partial charge in [-0.25, -0.2) is 0 Å². The molecule has 2 amide bonds. The molecular weight excluding hydrogens is 473 g/mol. The SMILES string of the molecule is COc1ccc(NCCNC(=O)C(CNC(=O)c2cccc(C)c2)c2ccc(Cl)cc2Cl)cc1. The largest absolute Gasteiger partial charge is 0.497 e. The van der Waals surface area contributed by atoms with Gasteiger partial charge in [-0.3, -0.25) is 9.59 Å². The summed E-state index contributed by atoms with van der Waals surface area (Å²) in [6, 6.07) is 19.8. The summed E-state index contributed by atoms with van der Waals surface area (Å²) >= 11 is 12.4.